The molecule has 5 nitrogen and oxygen atoms in total. The summed E-state index contributed by atoms with van der Waals surface area (Å²) in [6.07, 6.45) is 1.01. The zero-order valence-electron chi connectivity index (χ0n) is 14.2. The van der Waals surface area contributed by atoms with Crippen LogP contribution in [0.5, 0.6) is 0 Å². The van der Waals surface area contributed by atoms with Crippen LogP contribution in [0.1, 0.15) is 17.0 Å². The summed E-state index contributed by atoms with van der Waals surface area (Å²) >= 11 is 1.72. The molecule has 0 saturated carbocycles. The molecule has 0 aliphatic carbocycles. The topological polar surface area (TPSA) is 45.5 Å². The van der Waals surface area contributed by atoms with Crippen LogP contribution in [0.15, 0.2) is 40.1 Å². The first-order valence-corrected chi connectivity index (χ1v) is 8.99. The second kappa shape index (κ2) is 6.11. The molecule has 1 aromatic carbocycles. The zero-order chi connectivity index (χ0) is 16.7. The van der Waals surface area contributed by atoms with E-state index in [1.165, 1.54) is 16.2 Å². The summed E-state index contributed by atoms with van der Waals surface area (Å²) in [6.45, 7) is 4.11. The van der Waals surface area contributed by atoms with Crippen molar-refractivity contribution >= 4 is 23.2 Å². The Hall–Kier alpha value is -2.05. The number of hydrogen-bond acceptors (Lipinski definition) is 5. The quantitative estimate of drug-likeness (QED) is 0.794. The smallest absolute Gasteiger partial charge is 0.171 e. The molecule has 1 N–H and O–H groups in total. The Bertz CT molecular complexity index is 888. The van der Waals surface area contributed by atoms with Gasteiger partial charge >= 0.3 is 0 Å². The summed E-state index contributed by atoms with van der Waals surface area (Å²) in [5.74, 6) is 0.892. The number of nitrogens with zero attached hydrogens (tertiary/aromatic N) is 4. The van der Waals surface area contributed by atoms with Gasteiger partial charge in [-0.05, 0) is 26.1 Å². The molecule has 0 spiro atoms. The first kappa shape index (κ1) is 15.5. The van der Waals surface area contributed by atoms with E-state index in [1.54, 1.807) is 11.8 Å². The summed E-state index contributed by atoms with van der Waals surface area (Å²) in [5, 5.41) is 8.05. The molecule has 0 amide bonds. The highest BCUT2D eigenvalue weighted by Gasteiger charge is 2.24. The Balaban J connectivity index is 1.89. The average Bonchev–Trinajstić information content (AvgIpc) is 2.94. The average molecular weight is 339 g/mol. The van der Waals surface area contributed by atoms with Crippen molar-refractivity contribution in [3.63, 3.8) is 0 Å². The summed E-state index contributed by atoms with van der Waals surface area (Å²) < 4.78 is 2.05. The van der Waals surface area contributed by atoms with Crippen molar-refractivity contribution < 1.29 is 0 Å². The van der Waals surface area contributed by atoms with Crippen molar-refractivity contribution in [2.45, 2.75) is 29.7 Å². The molecular formula is C18H21N5S. The van der Waals surface area contributed by atoms with Gasteiger partial charge in [0.05, 0.1) is 5.69 Å². The fourth-order valence-corrected chi connectivity index (χ4v) is 4.21. The van der Waals surface area contributed by atoms with Gasteiger partial charge in [-0.25, -0.2) is 9.50 Å². The van der Waals surface area contributed by atoms with Gasteiger partial charge in [0.15, 0.2) is 11.5 Å². The number of aromatic nitrogens is 3. The lowest BCUT2D eigenvalue weighted by Gasteiger charge is -2.26. The highest BCUT2D eigenvalue weighted by atomic mass is 32.2. The molecule has 124 valence electrons. The SMILES string of the molecule is CNc1nn2c3c(c(C)nc2c1Sc1ccccc1)CN(C)CC3. The summed E-state index contributed by atoms with van der Waals surface area (Å²) in [4.78, 5) is 9.53. The third kappa shape index (κ3) is 2.56. The molecule has 0 atom stereocenters. The van der Waals surface area contributed by atoms with Crippen LogP contribution in [0.4, 0.5) is 5.82 Å². The Kier molecular flexibility index (Phi) is 3.94. The van der Waals surface area contributed by atoms with Crippen molar-refractivity contribution in [3.05, 3.63) is 47.3 Å². The lowest BCUT2D eigenvalue weighted by atomic mass is 10.0. The number of aryl methyl sites for hydroxylation is 1. The molecule has 6 heteroatoms. The second-order valence-corrected chi connectivity index (χ2v) is 7.27. The van der Waals surface area contributed by atoms with Crippen LogP contribution < -0.4 is 5.32 Å². The Morgan fingerprint density at radius 3 is 2.75 bits per heavy atom. The molecule has 1 aliphatic rings. The van der Waals surface area contributed by atoms with Crippen LogP contribution in [0.3, 0.4) is 0 Å². The van der Waals surface area contributed by atoms with Gasteiger partial charge < -0.3 is 10.2 Å². The molecule has 0 bridgehead atoms. The first-order valence-electron chi connectivity index (χ1n) is 8.17. The van der Waals surface area contributed by atoms with E-state index >= 15 is 0 Å². The highest BCUT2D eigenvalue weighted by molar-refractivity contribution is 7.99. The van der Waals surface area contributed by atoms with Gasteiger partial charge in [-0.3, -0.25) is 0 Å². The summed E-state index contributed by atoms with van der Waals surface area (Å²) in [6, 6.07) is 10.4. The van der Waals surface area contributed by atoms with E-state index in [0.29, 0.717) is 0 Å². The largest absolute Gasteiger partial charge is 0.371 e. The lowest BCUT2D eigenvalue weighted by Crippen LogP contribution is -2.29. The number of fused-ring (bicyclic) bond motifs is 3. The fraction of sp³-hybridized carbons (Fsp3) is 0.333. The fourth-order valence-electron chi connectivity index (χ4n) is 3.22. The van der Waals surface area contributed by atoms with Gasteiger partial charge in [0, 0.05) is 42.7 Å². The summed E-state index contributed by atoms with van der Waals surface area (Å²) in [5.41, 5.74) is 4.68. The number of likely N-dealkylation sites (N-methyl/N-ethyl adjacent to an activating group) is 1. The molecule has 2 aromatic heterocycles. The van der Waals surface area contributed by atoms with E-state index in [0.717, 1.165) is 41.6 Å². The van der Waals surface area contributed by atoms with Crippen molar-refractivity contribution in [1.29, 1.82) is 0 Å². The minimum Gasteiger partial charge on any atom is -0.371 e. The molecule has 3 aromatic rings. The van der Waals surface area contributed by atoms with E-state index in [9.17, 15) is 0 Å². The molecule has 4 rings (SSSR count). The van der Waals surface area contributed by atoms with E-state index in [2.05, 4.69) is 48.5 Å². The Labute approximate surface area is 146 Å². The van der Waals surface area contributed by atoms with Crippen molar-refractivity contribution in [2.75, 3.05) is 26.0 Å². The predicted molar refractivity (Wildman–Crippen MR) is 97.9 cm³/mol. The number of rotatable bonds is 3. The lowest BCUT2D eigenvalue weighted by molar-refractivity contribution is 0.306. The molecule has 3 heterocycles. The molecule has 0 saturated heterocycles. The summed E-state index contributed by atoms with van der Waals surface area (Å²) in [7, 11) is 4.08. The Morgan fingerprint density at radius 1 is 1.21 bits per heavy atom. The minimum absolute atomic E-state index is 0.892. The van der Waals surface area contributed by atoms with Gasteiger partial charge in [-0.1, -0.05) is 30.0 Å². The van der Waals surface area contributed by atoms with E-state index in [-0.39, 0.29) is 0 Å². The third-order valence-electron chi connectivity index (χ3n) is 4.49. The number of anilines is 1. The van der Waals surface area contributed by atoms with Crippen LogP contribution >= 0.6 is 11.8 Å². The van der Waals surface area contributed by atoms with Crippen LogP contribution in [0.2, 0.25) is 0 Å². The maximum absolute atomic E-state index is 4.90. The molecule has 0 radical (unpaired) electrons. The van der Waals surface area contributed by atoms with Gasteiger partial charge in [0.25, 0.3) is 0 Å². The zero-order valence-corrected chi connectivity index (χ0v) is 15.0. The van der Waals surface area contributed by atoms with Crippen molar-refractivity contribution in [1.82, 2.24) is 19.5 Å². The van der Waals surface area contributed by atoms with E-state index < -0.39 is 0 Å². The molecule has 0 unspecified atom stereocenters. The second-order valence-electron chi connectivity index (χ2n) is 6.19. The van der Waals surface area contributed by atoms with Crippen LogP contribution in [0, 0.1) is 6.92 Å². The number of hydrogen-bond donors (Lipinski definition) is 1. The maximum Gasteiger partial charge on any atom is 0.171 e. The van der Waals surface area contributed by atoms with Crippen LogP contribution in [-0.2, 0) is 13.0 Å². The van der Waals surface area contributed by atoms with Crippen LogP contribution in [0.25, 0.3) is 5.65 Å². The maximum atomic E-state index is 4.90. The first-order chi connectivity index (χ1) is 11.7. The van der Waals surface area contributed by atoms with E-state index in [1.807, 2.05) is 17.6 Å². The third-order valence-corrected chi connectivity index (χ3v) is 5.58. The van der Waals surface area contributed by atoms with E-state index in [4.69, 9.17) is 10.1 Å². The number of benzene rings is 1. The molecule has 1 aliphatic heterocycles. The van der Waals surface area contributed by atoms with Gasteiger partial charge in [-0.15, -0.1) is 5.10 Å². The van der Waals surface area contributed by atoms with Gasteiger partial charge in [-0.2, -0.15) is 0 Å². The van der Waals surface area contributed by atoms with Crippen molar-refractivity contribution in [2.24, 2.45) is 0 Å². The predicted octanol–water partition coefficient (Wildman–Crippen LogP) is 3.22. The number of nitrogens with one attached hydrogen (secondary N) is 1. The van der Waals surface area contributed by atoms with Crippen LogP contribution in [-0.4, -0.2) is 40.1 Å². The molecular weight excluding hydrogens is 318 g/mol. The molecule has 24 heavy (non-hydrogen) atoms. The normalized spacial score (nSPS) is 14.8. The van der Waals surface area contributed by atoms with Gasteiger partial charge in [0.1, 0.15) is 4.90 Å². The molecule has 0 fully saturated rings. The van der Waals surface area contributed by atoms with Crippen molar-refractivity contribution in [3.8, 4) is 0 Å². The Morgan fingerprint density at radius 2 is 2.00 bits per heavy atom. The standard InChI is InChI=1S/C18H21N5S/c1-12-14-11-22(3)10-9-15(14)23-18(20-12)16(17(19-2)21-23)24-13-7-5-4-6-8-13/h4-8H,9-11H2,1-3H3,(H,19,21). The highest BCUT2D eigenvalue weighted by Crippen LogP contribution is 2.37. The van der Waals surface area contributed by atoms with Gasteiger partial charge in [0.2, 0.25) is 0 Å². The minimum atomic E-state index is 0.892. The monoisotopic (exact) mass is 339 g/mol.